The Morgan fingerprint density at radius 1 is 0.900 bits per heavy atom. The molecule has 0 heterocycles. The van der Waals surface area contributed by atoms with Gasteiger partial charge in [-0.3, -0.25) is 4.79 Å². The van der Waals surface area contributed by atoms with E-state index in [0.29, 0.717) is 0 Å². The molecule has 2 aromatic rings. The molecule has 0 saturated carbocycles. The number of carbonyl (C=O) groups excluding carboxylic acids is 1. The summed E-state index contributed by atoms with van der Waals surface area (Å²) in [5.74, 6) is 0.0933. The highest BCUT2D eigenvalue weighted by atomic mass is 16.2. The van der Waals surface area contributed by atoms with Crippen molar-refractivity contribution in [1.29, 1.82) is 0 Å². The molecule has 0 amide bonds. The predicted molar refractivity (Wildman–Crippen MR) is 81.9 cm³/mol. The fourth-order valence-electron chi connectivity index (χ4n) is 2.20. The van der Waals surface area contributed by atoms with Gasteiger partial charge in [0, 0.05) is 12.2 Å². The van der Waals surface area contributed by atoms with Crippen molar-refractivity contribution in [3.05, 3.63) is 59.7 Å². The largest absolute Gasteiger partial charge is 0.396 e. The molecule has 0 aromatic heterocycles. The summed E-state index contributed by atoms with van der Waals surface area (Å²) in [5.41, 5.74) is 4.32. The van der Waals surface area contributed by atoms with E-state index in [1.165, 1.54) is 5.56 Å². The van der Waals surface area contributed by atoms with Crippen molar-refractivity contribution in [1.82, 2.24) is 0 Å². The van der Waals surface area contributed by atoms with Crippen molar-refractivity contribution in [2.24, 2.45) is 0 Å². The van der Waals surface area contributed by atoms with Crippen molar-refractivity contribution in [3.8, 4) is 11.1 Å². The lowest BCUT2D eigenvalue weighted by Crippen LogP contribution is -1.91. The Labute approximate surface area is 120 Å². The number of Topliss-reactive ketones (excluding diaryl/α,β-unsaturated/α-hetero) is 1. The number of unbranched alkanes of at least 4 members (excludes halogenated alkanes) is 1. The molecule has 0 radical (unpaired) electrons. The quantitative estimate of drug-likeness (QED) is 0.638. The average Bonchev–Trinajstić information content (AvgIpc) is 2.48. The number of hydrogen-bond donors (Lipinski definition) is 1. The third-order valence-electron chi connectivity index (χ3n) is 3.45. The molecule has 0 saturated heterocycles. The molecule has 2 rings (SSSR count). The zero-order valence-corrected chi connectivity index (χ0v) is 11.8. The number of benzene rings is 2. The number of aliphatic hydroxyl groups excluding tert-OH is 1. The van der Waals surface area contributed by atoms with Gasteiger partial charge in [-0.2, -0.15) is 0 Å². The number of hydrogen-bond acceptors (Lipinski definition) is 2. The number of carbonyl (C=O) groups is 1. The third kappa shape index (κ3) is 3.78. The van der Waals surface area contributed by atoms with Gasteiger partial charge in [0.2, 0.25) is 0 Å². The van der Waals surface area contributed by atoms with Crippen LogP contribution in [0.4, 0.5) is 0 Å². The van der Waals surface area contributed by atoms with Crippen molar-refractivity contribution in [2.75, 3.05) is 6.61 Å². The van der Waals surface area contributed by atoms with Crippen LogP contribution in [0.5, 0.6) is 0 Å². The third-order valence-corrected chi connectivity index (χ3v) is 3.45. The maximum Gasteiger partial charge on any atom is 0.159 e. The van der Waals surface area contributed by atoms with E-state index in [9.17, 15) is 4.79 Å². The predicted octanol–water partition coefficient (Wildman–Crippen LogP) is 3.87. The fourth-order valence-corrected chi connectivity index (χ4v) is 2.20. The van der Waals surface area contributed by atoms with E-state index in [4.69, 9.17) is 5.11 Å². The molecule has 2 aromatic carbocycles. The molecule has 0 aliphatic heterocycles. The Kier molecular flexibility index (Phi) is 5.08. The van der Waals surface area contributed by atoms with Gasteiger partial charge in [-0.15, -0.1) is 0 Å². The lowest BCUT2D eigenvalue weighted by atomic mass is 10.00. The summed E-state index contributed by atoms with van der Waals surface area (Å²) in [4.78, 5) is 11.2. The maximum atomic E-state index is 11.2. The highest BCUT2D eigenvalue weighted by Crippen LogP contribution is 2.21. The first kappa shape index (κ1) is 14.5. The van der Waals surface area contributed by atoms with Crippen LogP contribution in [0.2, 0.25) is 0 Å². The van der Waals surface area contributed by atoms with Crippen LogP contribution in [-0.4, -0.2) is 17.5 Å². The van der Waals surface area contributed by atoms with Gasteiger partial charge in [0.15, 0.2) is 5.78 Å². The van der Waals surface area contributed by atoms with Crippen LogP contribution in [0.25, 0.3) is 11.1 Å². The second-order valence-corrected chi connectivity index (χ2v) is 5.01. The Balaban J connectivity index is 2.07. The fraction of sp³-hybridized carbons (Fsp3) is 0.278. The van der Waals surface area contributed by atoms with Crippen LogP contribution >= 0.6 is 0 Å². The van der Waals surface area contributed by atoms with Crippen molar-refractivity contribution < 1.29 is 9.90 Å². The van der Waals surface area contributed by atoms with Crippen LogP contribution in [0, 0.1) is 0 Å². The molecular weight excluding hydrogens is 248 g/mol. The Morgan fingerprint density at radius 2 is 1.45 bits per heavy atom. The Morgan fingerprint density at radius 3 is 1.95 bits per heavy atom. The monoisotopic (exact) mass is 268 g/mol. The highest BCUT2D eigenvalue weighted by molar-refractivity contribution is 5.94. The van der Waals surface area contributed by atoms with Crippen LogP contribution in [0.1, 0.15) is 35.7 Å². The standard InChI is InChI=1S/C18H20O2/c1-14(20)16-9-11-18(12-10-16)17-7-5-15(6-8-17)4-2-3-13-19/h5-12,19H,2-4,13H2,1H3. The van der Waals surface area contributed by atoms with Crippen molar-refractivity contribution >= 4 is 5.78 Å². The summed E-state index contributed by atoms with van der Waals surface area (Å²) in [7, 11) is 0. The van der Waals surface area contributed by atoms with Gasteiger partial charge in [-0.1, -0.05) is 48.5 Å². The summed E-state index contributed by atoms with van der Waals surface area (Å²) >= 11 is 0. The smallest absolute Gasteiger partial charge is 0.159 e. The number of aryl methyl sites for hydroxylation is 1. The second kappa shape index (κ2) is 7.01. The van der Waals surface area contributed by atoms with Crippen molar-refractivity contribution in [2.45, 2.75) is 26.2 Å². The molecule has 0 unspecified atom stereocenters. The number of aliphatic hydroxyl groups is 1. The lowest BCUT2D eigenvalue weighted by molar-refractivity contribution is 0.101. The molecule has 2 nitrogen and oxygen atoms in total. The van der Waals surface area contributed by atoms with E-state index < -0.39 is 0 Å². The number of ketones is 1. The van der Waals surface area contributed by atoms with E-state index >= 15 is 0 Å². The van der Waals surface area contributed by atoms with E-state index in [0.717, 1.165) is 36.0 Å². The summed E-state index contributed by atoms with van der Waals surface area (Å²) in [6, 6.07) is 16.2. The first-order valence-electron chi connectivity index (χ1n) is 7.02. The summed E-state index contributed by atoms with van der Waals surface area (Å²) < 4.78 is 0. The van der Waals surface area contributed by atoms with Gasteiger partial charge < -0.3 is 5.11 Å². The molecule has 0 bridgehead atoms. The van der Waals surface area contributed by atoms with Crippen LogP contribution in [0.3, 0.4) is 0 Å². The number of rotatable bonds is 6. The summed E-state index contributed by atoms with van der Waals surface area (Å²) in [6.07, 6.45) is 2.88. The normalized spacial score (nSPS) is 10.5. The van der Waals surface area contributed by atoms with E-state index in [-0.39, 0.29) is 12.4 Å². The van der Waals surface area contributed by atoms with E-state index in [1.54, 1.807) is 6.92 Å². The minimum absolute atomic E-state index is 0.0933. The second-order valence-electron chi connectivity index (χ2n) is 5.01. The minimum Gasteiger partial charge on any atom is -0.396 e. The van der Waals surface area contributed by atoms with Gasteiger partial charge >= 0.3 is 0 Å². The topological polar surface area (TPSA) is 37.3 Å². The molecular formula is C18H20O2. The zero-order valence-electron chi connectivity index (χ0n) is 11.8. The molecule has 0 atom stereocenters. The first-order chi connectivity index (χ1) is 9.70. The first-order valence-corrected chi connectivity index (χ1v) is 7.02. The van der Waals surface area contributed by atoms with Gasteiger partial charge in [0.1, 0.15) is 0 Å². The SMILES string of the molecule is CC(=O)c1ccc(-c2ccc(CCCCO)cc2)cc1. The molecule has 0 fully saturated rings. The summed E-state index contributed by atoms with van der Waals surface area (Å²) in [5, 5.41) is 8.77. The Hall–Kier alpha value is -1.93. The summed E-state index contributed by atoms with van der Waals surface area (Å²) in [6.45, 7) is 1.84. The van der Waals surface area contributed by atoms with Crippen LogP contribution in [-0.2, 0) is 6.42 Å². The van der Waals surface area contributed by atoms with Gasteiger partial charge in [0.25, 0.3) is 0 Å². The molecule has 0 aliphatic rings. The van der Waals surface area contributed by atoms with Gasteiger partial charge in [-0.05, 0) is 42.9 Å². The average molecular weight is 268 g/mol. The Bertz CT molecular complexity index is 553. The molecule has 104 valence electrons. The van der Waals surface area contributed by atoms with Crippen LogP contribution < -0.4 is 0 Å². The molecule has 0 aliphatic carbocycles. The molecule has 2 heteroatoms. The minimum atomic E-state index is 0.0933. The zero-order chi connectivity index (χ0) is 14.4. The molecule has 20 heavy (non-hydrogen) atoms. The van der Waals surface area contributed by atoms with Crippen molar-refractivity contribution in [3.63, 3.8) is 0 Å². The maximum absolute atomic E-state index is 11.2. The van der Waals surface area contributed by atoms with Crippen LogP contribution in [0.15, 0.2) is 48.5 Å². The molecule has 1 N–H and O–H groups in total. The molecule has 0 spiro atoms. The van der Waals surface area contributed by atoms with E-state index in [1.807, 2.05) is 24.3 Å². The van der Waals surface area contributed by atoms with E-state index in [2.05, 4.69) is 24.3 Å². The highest BCUT2D eigenvalue weighted by Gasteiger charge is 2.01. The van der Waals surface area contributed by atoms with Gasteiger partial charge in [-0.25, -0.2) is 0 Å². The lowest BCUT2D eigenvalue weighted by Gasteiger charge is -2.05. The van der Waals surface area contributed by atoms with Gasteiger partial charge in [0.05, 0.1) is 0 Å².